The summed E-state index contributed by atoms with van der Waals surface area (Å²) in [7, 11) is 0. The van der Waals surface area contributed by atoms with Gasteiger partial charge >= 0.3 is 0 Å². The number of hydrogen-bond acceptors (Lipinski definition) is 3. The molecule has 1 unspecified atom stereocenters. The summed E-state index contributed by atoms with van der Waals surface area (Å²) in [5.74, 6) is 1.01. The summed E-state index contributed by atoms with van der Waals surface area (Å²) in [5, 5.41) is 3.67. The van der Waals surface area contributed by atoms with Gasteiger partial charge in [0.25, 0.3) is 11.8 Å². The zero-order valence-corrected chi connectivity index (χ0v) is 18.5. The number of nitrogens with zero attached hydrogens (tertiary/aromatic N) is 1. The molecular formula is C24H29ClN2O3. The van der Waals surface area contributed by atoms with E-state index in [0.717, 1.165) is 12.8 Å². The molecule has 2 aromatic carbocycles. The van der Waals surface area contributed by atoms with E-state index in [-0.39, 0.29) is 17.9 Å². The topological polar surface area (TPSA) is 58.6 Å². The van der Waals surface area contributed by atoms with Crippen molar-refractivity contribution in [1.29, 1.82) is 0 Å². The van der Waals surface area contributed by atoms with Crippen LogP contribution in [-0.4, -0.2) is 41.9 Å². The maximum atomic E-state index is 12.6. The van der Waals surface area contributed by atoms with Crippen LogP contribution in [0.2, 0.25) is 5.02 Å². The van der Waals surface area contributed by atoms with Crippen LogP contribution in [0, 0.1) is 0 Å². The summed E-state index contributed by atoms with van der Waals surface area (Å²) in [4.78, 5) is 26.9. The fraction of sp³-hybridized carbons (Fsp3) is 0.417. The molecule has 1 aliphatic heterocycles. The van der Waals surface area contributed by atoms with E-state index in [4.69, 9.17) is 16.3 Å². The standard InChI is InChI=1S/C24H29ClN2O3/c1-16(2)18-6-10-22(11-7-18)30-17(3)23(28)26-21-12-14-27(15-13-21)24(29)19-4-8-20(25)9-5-19/h4-11,16-17,21H,12-15H2,1-3H3,(H,26,28). The van der Waals surface area contributed by atoms with E-state index in [2.05, 4.69) is 19.2 Å². The quantitative estimate of drug-likeness (QED) is 0.728. The van der Waals surface area contributed by atoms with Gasteiger partial charge in [-0.1, -0.05) is 37.6 Å². The first kappa shape index (κ1) is 22.2. The van der Waals surface area contributed by atoms with E-state index < -0.39 is 6.10 Å². The number of halogens is 1. The second-order valence-corrected chi connectivity index (χ2v) is 8.50. The molecule has 0 bridgehead atoms. The van der Waals surface area contributed by atoms with E-state index in [1.54, 1.807) is 31.2 Å². The van der Waals surface area contributed by atoms with Gasteiger partial charge in [0.2, 0.25) is 0 Å². The highest BCUT2D eigenvalue weighted by atomic mass is 35.5. The number of benzene rings is 2. The highest BCUT2D eigenvalue weighted by molar-refractivity contribution is 6.30. The number of likely N-dealkylation sites (tertiary alicyclic amines) is 1. The average Bonchev–Trinajstić information content (AvgIpc) is 2.74. The van der Waals surface area contributed by atoms with Crippen molar-refractivity contribution in [1.82, 2.24) is 10.2 Å². The largest absolute Gasteiger partial charge is 0.481 e. The minimum absolute atomic E-state index is 0.00186. The third-order valence-electron chi connectivity index (χ3n) is 5.45. The van der Waals surface area contributed by atoms with Gasteiger partial charge < -0.3 is 15.0 Å². The van der Waals surface area contributed by atoms with Gasteiger partial charge in [-0.25, -0.2) is 0 Å². The molecule has 3 rings (SSSR count). The van der Waals surface area contributed by atoms with Gasteiger partial charge in [0.1, 0.15) is 5.75 Å². The number of ether oxygens (including phenoxy) is 1. The Morgan fingerprint density at radius 1 is 1.00 bits per heavy atom. The van der Waals surface area contributed by atoms with E-state index in [1.807, 2.05) is 29.2 Å². The van der Waals surface area contributed by atoms with Crippen LogP contribution in [0.25, 0.3) is 0 Å². The third kappa shape index (κ3) is 5.76. The molecule has 1 fully saturated rings. The van der Waals surface area contributed by atoms with Gasteiger partial charge in [-0.2, -0.15) is 0 Å². The number of piperidine rings is 1. The van der Waals surface area contributed by atoms with Crippen molar-refractivity contribution in [3.63, 3.8) is 0 Å². The van der Waals surface area contributed by atoms with Crippen LogP contribution >= 0.6 is 11.6 Å². The fourth-order valence-corrected chi connectivity index (χ4v) is 3.64. The smallest absolute Gasteiger partial charge is 0.260 e. The highest BCUT2D eigenvalue weighted by Crippen LogP contribution is 2.20. The van der Waals surface area contributed by atoms with Gasteiger partial charge in [-0.05, 0) is 67.6 Å². The Bertz CT molecular complexity index is 857. The first-order chi connectivity index (χ1) is 14.3. The van der Waals surface area contributed by atoms with E-state index in [0.29, 0.717) is 35.3 Å². The zero-order chi connectivity index (χ0) is 21.7. The van der Waals surface area contributed by atoms with Gasteiger partial charge in [-0.3, -0.25) is 9.59 Å². The maximum absolute atomic E-state index is 12.6. The van der Waals surface area contributed by atoms with Crippen LogP contribution in [0.4, 0.5) is 0 Å². The molecule has 6 heteroatoms. The normalized spacial score (nSPS) is 15.7. The molecule has 1 N–H and O–H groups in total. The summed E-state index contributed by atoms with van der Waals surface area (Å²) in [5.41, 5.74) is 1.87. The molecule has 1 aliphatic rings. The van der Waals surface area contributed by atoms with Crippen LogP contribution in [-0.2, 0) is 4.79 Å². The van der Waals surface area contributed by atoms with Gasteiger partial charge in [0, 0.05) is 29.7 Å². The molecule has 1 heterocycles. The Labute approximate surface area is 183 Å². The number of hydrogen-bond donors (Lipinski definition) is 1. The molecule has 0 aliphatic carbocycles. The van der Waals surface area contributed by atoms with E-state index >= 15 is 0 Å². The predicted octanol–water partition coefficient (Wildman–Crippen LogP) is 4.65. The lowest BCUT2D eigenvalue weighted by Gasteiger charge is -2.33. The van der Waals surface area contributed by atoms with Crippen molar-refractivity contribution in [3.05, 3.63) is 64.7 Å². The molecule has 160 valence electrons. The summed E-state index contributed by atoms with van der Waals surface area (Å²) in [6, 6.07) is 14.8. The molecule has 5 nitrogen and oxygen atoms in total. The van der Waals surface area contributed by atoms with Crippen molar-refractivity contribution in [3.8, 4) is 5.75 Å². The Morgan fingerprint density at radius 3 is 2.17 bits per heavy atom. The fourth-order valence-electron chi connectivity index (χ4n) is 3.51. The van der Waals surface area contributed by atoms with Gasteiger partial charge in [0.15, 0.2) is 6.10 Å². The highest BCUT2D eigenvalue weighted by Gasteiger charge is 2.26. The van der Waals surface area contributed by atoms with E-state index in [9.17, 15) is 9.59 Å². The van der Waals surface area contributed by atoms with E-state index in [1.165, 1.54) is 5.56 Å². The Kier molecular flexibility index (Phi) is 7.38. The molecule has 2 amide bonds. The van der Waals surface area contributed by atoms with Crippen LogP contribution in [0.1, 0.15) is 55.5 Å². The summed E-state index contributed by atoms with van der Waals surface area (Å²) < 4.78 is 5.79. The summed E-state index contributed by atoms with van der Waals surface area (Å²) >= 11 is 5.89. The van der Waals surface area contributed by atoms with Crippen LogP contribution < -0.4 is 10.1 Å². The summed E-state index contributed by atoms with van der Waals surface area (Å²) in [6.45, 7) is 7.25. The van der Waals surface area contributed by atoms with Crippen molar-refractivity contribution >= 4 is 23.4 Å². The minimum atomic E-state index is -0.580. The van der Waals surface area contributed by atoms with Crippen molar-refractivity contribution in [2.24, 2.45) is 0 Å². The monoisotopic (exact) mass is 428 g/mol. The Hall–Kier alpha value is -2.53. The van der Waals surface area contributed by atoms with Crippen LogP contribution in [0.3, 0.4) is 0 Å². The number of rotatable bonds is 6. The van der Waals surface area contributed by atoms with Gasteiger partial charge in [0.05, 0.1) is 0 Å². The van der Waals surface area contributed by atoms with Crippen molar-refractivity contribution in [2.75, 3.05) is 13.1 Å². The van der Waals surface area contributed by atoms with Crippen molar-refractivity contribution < 1.29 is 14.3 Å². The van der Waals surface area contributed by atoms with Gasteiger partial charge in [-0.15, -0.1) is 0 Å². The molecule has 1 atom stereocenters. The number of amides is 2. The van der Waals surface area contributed by atoms with Crippen LogP contribution in [0.5, 0.6) is 5.75 Å². The third-order valence-corrected chi connectivity index (χ3v) is 5.70. The number of carbonyl (C=O) groups is 2. The number of carbonyl (C=O) groups excluding carboxylic acids is 2. The van der Waals surface area contributed by atoms with Crippen molar-refractivity contribution in [2.45, 2.75) is 51.7 Å². The number of nitrogens with one attached hydrogen (secondary N) is 1. The molecular weight excluding hydrogens is 400 g/mol. The molecule has 0 spiro atoms. The molecule has 0 radical (unpaired) electrons. The summed E-state index contributed by atoms with van der Waals surface area (Å²) in [6.07, 6.45) is 0.866. The molecule has 2 aromatic rings. The zero-order valence-electron chi connectivity index (χ0n) is 17.7. The maximum Gasteiger partial charge on any atom is 0.260 e. The molecule has 1 saturated heterocycles. The molecule has 0 saturated carbocycles. The SMILES string of the molecule is CC(Oc1ccc(C(C)C)cc1)C(=O)NC1CCN(C(=O)c2ccc(Cl)cc2)CC1. The predicted molar refractivity (Wildman–Crippen MR) is 119 cm³/mol. The lowest BCUT2D eigenvalue weighted by molar-refractivity contribution is -0.128. The minimum Gasteiger partial charge on any atom is -0.481 e. The second kappa shape index (κ2) is 9.98. The lowest BCUT2D eigenvalue weighted by atomic mass is 10.0. The van der Waals surface area contributed by atoms with Crippen LogP contribution in [0.15, 0.2) is 48.5 Å². The second-order valence-electron chi connectivity index (χ2n) is 8.07. The Balaban J connectivity index is 1.46. The lowest BCUT2D eigenvalue weighted by Crippen LogP contribution is -2.49. The molecule has 30 heavy (non-hydrogen) atoms. The Morgan fingerprint density at radius 2 is 1.60 bits per heavy atom. The average molecular weight is 429 g/mol. The first-order valence-electron chi connectivity index (χ1n) is 10.5. The molecule has 0 aromatic heterocycles. The first-order valence-corrected chi connectivity index (χ1v) is 10.8.